The van der Waals surface area contributed by atoms with E-state index in [-0.39, 0.29) is 18.3 Å². The van der Waals surface area contributed by atoms with Crippen LogP contribution < -0.4 is 0 Å². The fourth-order valence-electron chi connectivity index (χ4n) is 1.76. The Morgan fingerprint density at radius 3 is 2.43 bits per heavy atom. The van der Waals surface area contributed by atoms with Crippen molar-refractivity contribution in [3.63, 3.8) is 0 Å². The van der Waals surface area contributed by atoms with Gasteiger partial charge in [-0.15, -0.1) is 0 Å². The Kier molecular flexibility index (Phi) is 6.25. The molecule has 122 valence electrons. The summed E-state index contributed by atoms with van der Waals surface area (Å²) in [6.07, 6.45) is 2.54. The van der Waals surface area contributed by atoms with E-state index in [4.69, 9.17) is 10.1 Å². The highest BCUT2D eigenvalue weighted by Gasteiger charge is 2.36. The van der Waals surface area contributed by atoms with E-state index in [0.29, 0.717) is 5.92 Å². The second kappa shape index (κ2) is 7.29. The van der Waals surface area contributed by atoms with Crippen LogP contribution in [0.3, 0.4) is 0 Å². The normalized spacial score (nSPS) is 18.0. The molecule has 3 nitrogen and oxygen atoms in total. The minimum Gasteiger partial charge on any atom is -0.470 e. The smallest absolute Gasteiger partial charge is 0.467 e. The van der Waals surface area contributed by atoms with Gasteiger partial charge in [-0.2, -0.15) is 13.2 Å². The number of hydrogen-bond acceptors (Lipinski definition) is 3. The predicted molar refractivity (Wildman–Crippen MR) is 75.5 cm³/mol. The maximum atomic E-state index is 12.1. The van der Waals surface area contributed by atoms with E-state index >= 15 is 0 Å². The van der Waals surface area contributed by atoms with Crippen LogP contribution in [0, 0.1) is 11.3 Å². The fourth-order valence-corrected chi connectivity index (χ4v) is 1.76. The van der Waals surface area contributed by atoms with Gasteiger partial charge in [0, 0.05) is 0 Å². The first-order valence-corrected chi connectivity index (χ1v) is 7.27. The Labute approximate surface area is 124 Å². The summed E-state index contributed by atoms with van der Waals surface area (Å²) in [7, 11) is 0. The number of rotatable bonds is 8. The molecule has 0 amide bonds. The molecule has 1 atom stereocenters. The Balaban J connectivity index is 2.44. The SMILES string of the molecule is CCC(C)(C)OC(C=CCOC(=N)C(F)(F)F)CC1CC1. The lowest BCUT2D eigenvalue weighted by atomic mass is 10.1. The van der Waals surface area contributed by atoms with Gasteiger partial charge in [0.05, 0.1) is 11.7 Å². The van der Waals surface area contributed by atoms with Gasteiger partial charge in [-0.3, -0.25) is 5.41 Å². The highest BCUT2D eigenvalue weighted by molar-refractivity contribution is 5.78. The maximum absolute atomic E-state index is 12.1. The Bertz CT molecular complexity index is 374. The third kappa shape index (κ3) is 7.50. The molecule has 0 saturated heterocycles. The Hall–Kier alpha value is -1.04. The van der Waals surface area contributed by atoms with Crippen LogP contribution >= 0.6 is 0 Å². The monoisotopic (exact) mass is 307 g/mol. The van der Waals surface area contributed by atoms with Crippen LogP contribution in [0.15, 0.2) is 12.2 Å². The van der Waals surface area contributed by atoms with Gasteiger partial charge < -0.3 is 9.47 Å². The molecule has 1 aliphatic rings. The van der Waals surface area contributed by atoms with Crippen molar-refractivity contribution in [2.45, 2.75) is 64.3 Å². The average molecular weight is 307 g/mol. The third-order valence-electron chi connectivity index (χ3n) is 3.52. The van der Waals surface area contributed by atoms with E-state index in [1.807, 2.05) is 20.8 Å². The van der Waals surface area contributed by atoms with Crippen molar-refractivity contribution >= 4 is 5.90 Å². The van der Waals surface area contributed by atoms with Gasteiger partial charge in [-0.25, -0.2) is 0 Å². The lowest BCUT2D eigenvalue weighted by molar-refractivity contribution is -0.0782. The van der Waals surface area contributed by atoms with Crippen LogP contribution in [0.5, 0.6) is 0 Å². The van der Waals surface area contributed by atoms with Gasteiger partial charge in [0.2, 0.25) is 0 Å². The molecule has 0 aromatic carbocycles. The average Bonchev–Trinajstić information content (AvgIpc) is 3.16. The molecule has 1 fully saturated rings. The minimum atomic E-state index is -4.72. The van der Waals surface area contributed by atoms with Crippen LogP contribution in [-0.4, -0.2) is 30.4 Å². The zero-order valence-electron chi connectivity index (χ0n) is 12.8. The van der Waals surface area contributed by atoms with E-state index in [2.05, 4.69) is 4.74 Å². The fraction of sp³-hybridized carbons (Fsp3) is 0.800. The molecule has 21 heavy (non-hydrogen) atoms. The molecule has 0 spiro atoms. The number of nitrogens with one attached hydrogen (secondary N) is 1. The maximum Gasteiger partial charge on any atom is 0.467 e. The van der Waals surface area contributed by atoms with Gasteiger partial charge in [0.1, 0.15) is 6.61 Å². The zero-order valence-corrected chi connectivity index (χ0v) is 12.8. The largest absolute Gasteiger partial charge is 0.470 e. The summed E-state index contributed by atoms with van der Waals surface area (Å²) < 4.78 is 46.6. The lowest BCUT2D eigenvalue weighted by Gasteiger charge is -2.28. The molecule has 6 heteroatoms. The van der Waals surface area contributed by atoms with Crippen molar-refractivity contribution in [3.05, 3.63) is 12.2 Å². The molecule has 0 bridgehead atoms. The molecule has 0 aliphatic heterocycles. The predicted octanol–water partition coefficient (Wildman–Crippen LogP) is 4.47. The first kappa shape index (κ1) is 18.0. The second-order valence-electron chi connectivity index (χ2n) is 6.01. The first-order valence-electron chi connectivity index (χ1n) is 7.27. The van der Waals surface area contributed by atoms with Gasteiger partial charge in [-0.1, -0.05) is 25.8 Å². The number of alkyl halides is 3. The van der Waals surface area contributed by atoms with Crippen LogP contribution in [0.25, 0.3) is 0 Å². The topological polar surface area (TPSA) is 42.3 Å². The molecule has 1 rings (SSSR count). The molecule has 1 aliphatic carbocycles. The second-order valence-corrected chi connectivity index (χ2v) is 6.01. The van der Waals surface area contributed by atoms with Crippen LogP contribution in [0.4, 0.5) is 13.2 Å². The van der Waals surface area contributed by atoms with E-state index in [1.54, 1.807) is 6.08 Å². The summed E-state index contributed by atoms with van der Waals surface area (Å²) in [4.78, 5) is 0. The highest BCUT2D eigenvalue weighted by atomic mass is 19.4. The van der Waals surface area contributed by atoms with Crippen LogP contribution in [0.1, 0.15) is 46.5 Å². The molecule has 0 aromatic heterocycles. The first-order chi connectivity index (χ1) is 9.64. The summed E-state index contributed by atoms with van der Waals surface area (Å²) >= 11 is 0. The molecule has 1 saturated carbocycles. The van der Waals surface area contributed by atoms with Gasteiger partial charge in [-0.05, 0) is 38.7 Å². The van der Waals surface area contributed by atoms with Crippen molar-refractivity contribution < 1.29 is 22.6 Å². The number of halogens is 3. The minimum absolute atomic E-state index is 0.115. The summed E-state index contributed by atoms with van der Waals surface area (Å²) in [6.45, 7) is 5.76. The van der Waals surface area contributed by atoms with Gasteiger partial charge in [0.25, 0.3) is 5.90 Å². The van der Waals surface area contributed by atoms with E-state index < -0.39 is 12.1 Å². The molecule has 0 radical (unpaired) electrons. The summed E-state index contributed by atoms with van der Waals surface area (Å²) in [6, 6.07) is 0. The van der Waals surface area contributed by atoms with Gasteiger partial charge in [0.15, 0.2) is 0 Å². The van der Waals surface area contributed by atoms with Crippen molar-refractivity contribution in [1.29, 1.82) is 5.41 Å². The Morgan fingerprint density at radius 2 is 1.95 bits per heavy atom. The highest BCUT2D eigenvalue weighted by Crippen LogP contribution is 2.35. The van der Waals surface area contributed by atoms with E-state index in [0.717, 1.165) is 12.8 Å². The van der Waals surface area contributed by atoms with Gasteiger partial charge >= 0.3 is 6.18 Å². The molecular weight excluding hydrogens is 283 g/mol. The Morgan fingerprint density at radius 1 is 1.33 bits per heavy atom. The summed E-state index contributed by atoms with van der Waals surface area (Å²) in [5, 5.41) is 6.71. The van der Waals surface area contributed by atoms with Crippen molar-refractivity contribution in [2.75, 3.05) is 6.61 Å². The number of hydrogen-bond donors (Lipinski definition) is 1. The van der Waals surface area contributed by atoms with Crippen molar-refractivity contribution in [1.82, 2.24) is 0 Å². The molecule has 0 heterocycles. The number of ether oxygens (including phenoxy) is 2. The van der Waals surface area contributed by atoms with Crippen LogP contribution in [-0.2, 0) is 9.47 Å². The lowest BCUT2D eigenvalue weighted by Crippen LogP contribution is -2.29. The molecule has 1 N–H and O–H groups in total. The summed E-state index contributed by atoms with van der Waals surface area (Å²) in [5.41, 5.74) is -0.260. The van der Waals surface area contributed by atoms with E-state index in [9.17, 15) is 13.2 Å². The van der Waals surface area contributed by atoms with Crippen molar-refractivity contribution in [3.8, 4) is 0 Å². The summed E-state index contributed by atoms with van der Waals surface area (Å²) in [5.74, 6) is -1.01. The molecule has 0 aromatic rings. The van der Waals surface area contributed by atoms with E-state index in [1.165, 1.54) is 18.9 Å². The molecular formula is C15H24F3NO2. The zero-order chi connectivity index (χ0) is 16.1. The third-order valence-corrected chi connectivity index (χ3v) is 3.52. The quantitative estimate of drug-likeness (QED) is 0.408. The molecule has 1 unspecified atom stereocenters. The van der Waals surface area contributed by atoms with Crippen molar-refractivity contribution in [2.24, 2.45) is 5.92 Å². The standard InChI is InChI=1S/C15H24F3NO2/c1-4-14(2,3)21-12(10-11-7-8-11)6-5-9-20-13(19)15(16,17)18/h5-6,11-12,19H,4,7-10H2,1-3H3. The van der Waals surface area contributed by atoms with Crippen LogP contribution in [0.2, 0.25) is 0 Å².